The van der Waals surface area contributed by atoms with Gasteiger partial charge in [0, 0.05) is 31.4 Å². The molecule has 4 rings (SSSR count). The van der Waals surface area contributed by atoms with E-state index in [-0.39, 0.29) is 24.2 Å². The van der Waals surface area contributed by atoms with Crippen molar-refractivity contribution >= 4 is 12.0 Å². The van der Waals surface area contributed by atoms with Crippen molar-refractivity contribution in [3.05, 3.63) is 18.1 Å². The van der Waals surface area contributed by atoms with Crippen LogP contribution >= 0.6 is 0 Å². The van der Waals surface area contributed by atoms with Crippen LogP contribution in [-0.4, -0.2) is 80.3 Å². The highest BCUT2D eigenvalue weighted by atomic mass is 19.4. The molecular weight excluding hydrogens is 457 g/mol. The second-order valence-electron chi connectivity index (χ2n) is 9.46. The number of aliphatic hydroxyl groups excluding tert-OH is 1. The lowest BCUT2D eigenvalue weighted by Gasteiger charge is -2.43. The van der Waals surface area contributed by atoms with E-state index >= 15 is 0 Å². The number of hydrogen-bond acceptors (Lipinski definition) is 8. The first-order valence-electron chi connectivity index (χ1n) is 10.8. The normalized spacial score (nSPS) is 21.2. The molecule has 4 heterocycles. The molecule has 0 spiro atoms. The highest BCUT2D eigenvalue weighted by Gasteiger charge is 2.42. The van der Waals surface area contributed by atoms with E-state index in [2.05, 4.69) is 15.1 Å². The molecule has 10 nitrogen and oxygen atoms in total. The average Bonchev–Trinajstić information content (AvgIpc) is 3.17. The van der Waals surface area contributed by atoms with Gasteiger partial charge in [0.05, 0.1) is 31.5 Å². The molecule has 2 atom stereocenters. The van der Waals surface area contributed by atoms with Crippen LogP contribution in [0.25, 0.3) is 11.3 Å². The van der Waals surface area contributed by atoms with Gasteiger partial charge in [0.1, 0.15) is 11.3 Å². The van der Waals surface area contributed by atoms with Crippen molar-refractivity contribution in [3.63, 3.8) is 0 Å². The van der Waals surface area contributed by atoms with Crippen LogP contribution in [0.3, 0.4) is 0 Å². The topological polar surface area (TPSA) is 106 Å². The van der Waals surface area contributed by atoms with Gasteiger partial charge in [-0.25, -0.2) is 14.8 Å². The van der Waals surface area contributed by atoms with Gasteiger partial charge in [-0.1, -0.05) is 0 Å². The summed E-state index contributed by atoms with van der Waals surface area (Å²) in [6, 6.07) is -0.569. The Kier molecular flexibility index (Phi) is 5.86. The Morgan fingerprint density at radius 2 is 1.85 bits per heavy atom. The number of rotatable bonds is 4. The van der Waals surface area contributed by atoms with Crippen molar-refractivity contribution < 1.29 is 32.5 Å². The molecule has 0 aromatic carbocycles. The number of aliphatic hydroxyl groups is 1. The molecule has 2 saturated heterocycles. The predicted molar refractivity (Wildman–Crippen MR) is 114 cm³/mol. The summed E-state index contributed by atoms with van der Waals surface area (Å²) in [7, 11) is 1.13. The lowest BCUT2D eigenvalue weighted by Crippen LogP contribution is -2.59. The van der Waals surface area contributed by atoms with Crippen LogP contribution in [0, 0.1) is 0 Å². The summed E-state index contributed by atoms with van der Waals surface area (Å²) in [6.45, 7) is 7.87. The summed E-state index contributed by atoms with van der Waals surface area (Å²) in [5.41, 5.74) is -1.54. The Morgan fingerprint density at radius 3 is 2.38 bits per heavy atom. The second-order valence-corrected chi connectivity index (χ2v) is 9.46. The number of nitrogens with zero attached hydrogens (tertiary/aromatic N) is 6. The molecule has 0 radical (unpaired) electrons. The number of anilines is 1. The number of halogens is 3. The molecule has 2 aliphatic heterocycles. The monoisotopic (exact) mass is 484 g/mol. The zero-order chi connectivity index (χ0) is 25.0. The Bertz CT molecular complexity index is 1080. The molecule has 34 heavy (non-hydrogen) atoms. The third-order valence-corrected chi connectivity index (χ3v) is 5.78. The average molecular weight is 484 g/mol. The molecule has 2 aliphatic rings. The minimum atomic E-state index is -4.78. The van der Waals surface area contributed by atoms with Gasteiger partial charge in [0.25, 0.3) is 0 Å². The van der Waals surface area contributed by atoms with Crippen molar-refractivity contribution in [2.45, 2.75) is 57.7 Å². The number of carbonyl (C=O) groups is 1. The maximum atomic E-state index is 13.8. The largest absolute Gasteiger partial charge is 0.492 e. The molecule has 13 heteroatoms. The fourth-order valence-corrected chi connectivity index (χ4v) is 3.76. The fraction of sp³-hybridized carbons (Fsp3) is 0.619. The molecule has 0 bridgehead atoms. The Hall–Kier alpha value is -3.09. The molecule has 1 amide bonds. The first-order chi connectivity index (χ1) is 15.8. The van der Waals surface area contributed by atoms with Crippen molar-refractivity contribution in [2.24, 2.45) is 0 Å². The van der Waals surface area contributed by atoms with Crippen LogP contribution in [0.15, 0.2) is 12.4 Å². The van der Waals surface area contributed by atoms with Crippen molar-refractivity contribution in [2.75, 3.05) is 31.6 Å². The number of likely N-dealkylation sites (tertiary alicyclic amines) is 1. The van der Waals surface area contributed by atoms with Gasteiger partial charge >= 0.3 is 12.3 Å². The molecule has 0 saturated carbocycles. The molecule has 2 aromatic heterocycles. The van der Waals surface area contributed by atoms with Crippen molar-refractivity contribution in [3.8, 4) is 17.0 Å². The van der Waals surface area contributed by atoms with Crippen LogP contribution in [0.4, 0.5) is 23.9 Å². The van der Waals surface area contributed by atoms with Crippen LogP contribution in [0.5, 0.6) is 5.75 Å². The quantitative estimate of drug-likeness (QED) is 0.706. The van der Waals surface area contributed by atoms with Crippen LogP contribution in [0.2, 0.25) is 0 Å². The van der Waals surface area contributed by atoms with E-state index < -0.39 is 41.5 Å². The van der Waals surface area contributed by atoms with Gasteiger partial charge in [-0.2, -0.15) is 18.3 Å². The molecule has 186 valence electrons. The van der Waals surface area contributed by atoms with Crippen LogP contribution in [-0.2, 0) is 10.9 Å². The summed E-state index contributed by atoms with van der Waals surface area (Å²) in [4.78, 5) is 23.2. The number of amides is 1. The first-order valence-corrected chi connectivity index (χ1v) is 10.8. The summed E-state index contributed by atoms with van der Waals surface area (Å²) in [5.74, 6) is -0.651. The number of β-amino-alcohol motifs (C(OH)–C–C–N with tert-alkyl or cyclic N) is 1. The second kappa shape index (κ2) is 8.29. The summed E-state index contributed by atoms with van der Waals surface area (Å²) in [6.07, 6.45) is -2.90. The van der Waals surface area contributed by atoms with E-state index in [1.165, 1.54) is 16.0 Å². The fourth-order valence-electron chi connectivity index (χ4n) is 3.76. The van der Waals surface area contributed by atoms with Gasteiger partial charge in [-0.15, -0.1) is 0 Å². The molecule has 2 aromatic rings. The van der Waals surface area contributed by atoms with Crippen LogP contribution in [0.1, 0.15) is 39.4 Å². The SMILES string of the molecule is COc1c(-c2cnn(C3CN(C(=O)OC(C)(C)C)C3)c2)nc(N2C[C@@H](O)[C@@H]2C)nc1C(F)(F)F. The molecule has 0 unspecified atom stereocenters. The maximum absolute atomic E-state index is 13.8. The zero-order valence-electron chi connectivity index (χ0n) is 19.5. The Balaban J connectivity index is 1.61. The Labute approximate surface area is 194 Å². The standard InChI is InChI=1S/C21H27F3N6O4/c1-11-14(31)10-29(11)18-26-15(16(33-5)17(27-18)21(22,23)24)12-6-25-30(7-12)13-8-28(9-13)19(32)34-20(2,3)4/h6-7,11,13-14,31H,8-10H2,1-5H3/t11-,14+/m0/s1. The van der Waals surface area contributed by atoms with Gasteiger partial charge in [0.2, 0.25) is 5.95 Å². The zero-order valence-corrected chi connectivity index (χ0v) is 19.5. The lowest BCUT2D eigenvalue weighted by molar-refractivity contribution is -0.142. The van der Waals surface area contributed by atoms with Gasteiger partial charge in [-0.3, -0.25) is 4.68 Å². The first kappa shape index (κ1) is 24.0. The smallest absolute Gasteiger partial charge is 0.437 e. The number of carbonyl (C=O) groups excluding carboxylic acids is 1. The van der Waals surface area contributed by atoms with E-state index in [4.69, 9.17) is 9.47 Å². The van der Waals surface area contributed by atoms with Gasteiger partial charge in [0.15, 0.2) is 11.4 Å². The third kappa shape index (κ3) is 4.48. The van der Waals surface area contributed by atoms with Crippen LogP contribution < -0.4 is 9.64 Å². The van der Waals surface area contributed by atoms with E-state index in [0.29, 0.717) is 18.7 Å². The summed E-state index contributed by atoms with van der Waals surface area (Å²) >= 11 is 0. The number of ether oxygens (including phenoxy) is 2. The highest BCUT2D eigenvalue weighted by Crippen LogP contribution is 2.42. The summed E-state index contributed by atoms with van der Waals surface area (Å²) < 4.78 is 53.4. The minimum absolute atomic E-state index is 0.0528. The molecule has 1 N–H and O–H groups in total. The van der Waals surface area contributed by atoms with E-state index in [1.807, 2.05) is 0 Å². The van der Waals surface area contributed by atoms with Crippen molar-refractivity contribution in [1.29, 1.82) is 0 Å². The van der Waals surface area contributed by atoms with Gasteiger partial charge in [-0.05, 0) is 27.7 Å². The third-order valence-electron chi connectivity index (χ3n) is 5.78. The molecular formula is C21H27F3N6O4. The van der Waals surface area contributed by atoms with Gasteiger partial charge < -0.3 is 24.4 Å². The maximum Gasteiger partial charge on any atom is 0.437 e. The number of hydrogen-bond donors (Lipinski definition) is 1. The van der Waals surface area contributed by atoms with E-state index in [1.54, 1.807) is 38.6 Å². The highest BCUT2D eigenvalue weighted by molar-refractivity contribution is 5.70. The number of methoxy groups -OCH3 is 1. The minimum Gasteiger partial charge on any atom is -0.492 e. The molecule has 2 fully saturated rings. The number of aromatic nitrogens is 4. The Morgan fingerprint density at radius 1 is 1.18 bits per heavy atom. The molecule has 0 aliphatic carbocycles. The lowest BCUT2D eigenvalue weighted by atomic mass is 10.0. The number of alkyl halides is 3. The summed E-state index contributed by atoms with van der Waals surface area (Å²) in [5, 5.41) is 14.1. The van der Waals surface area contributed by atoms with E-state index in [0.717, 1.165) is 7.11 Å². The van der Waals surface area contributed by atoms with Crippen molar-refractivity contribution in [1.82, 2.24) is 24.6 Å². The predicted octanol–water partition coefficient (Wildman–Crippen LogP) is 2.73. The van der Waals surface area contributed by atoms with E-state index in [9.17, 15) is 23.1 Å².